The Labute approximate surface area is 192 Å². The molecule has 0 bridgehead atoms. The van der Waals surface area contributed by atoms with Gasteiger partial charge in [-0.25, -0.2) is 4.52 Å². The summed E-state index contributed by atoms with van der Waals surface area (Å²) in [6.07, 6.45) is 3.24. The maximum absolute atomic E-state index is 13.0. The fourth-order valence-electron chi connectivity index (χ4n) is 3.77. The Hall–Kier alpha value is -4.31. The number of hydrogen-bond donors (Lipinski definition) is 1. The van der Waals surface area contributed by atoms with E-state index in [0.29, 0.717) is 41.2 Å². The zero-order valence-electron chi connectivity index (χ0n) is 18.9. The van der Waals surface area contributed by atoms with Gasteiger partial charge in [-0.1, -0.05) is 18.2 Å². The van der Waals surface area contributed by atoms with Crippen LogP contribution < -0.4 is 10.1 Å². The first kappa shape index (κ1) is 21.9. The summed E-state index contributed by atoms with van der Waals surface area (Å²) in [5.74, 6) is 1.42. The van der Waals surface area contributed by atoms with Crippen LogP contribution in [0.1, 0.15) is 35.3 Å². The molecule has 0 aliphatic carbocycles. The van der Waals surface area contributed by atoms with E-state index in [1.807, 2.05) is 75.4 Å². The quantitative estimate of drug-likeness (QED) is 0.409. The van der Waals surface area contributed by atoms with Crippen molar-refractivity contribution in [3.05, 3.63) is 83.7 Å². The Kier molecular flexibility index (Phi) is 6.27. The highest BCUT2D eigenvalue weighted by atomic mass is 16.5. The van der Waals surface area contributed by atoms with Crippen molar-refractivity contribution >= 4 is 22.8 Å². The summed E-state index contributed by atoms with van der Waals surface area (Å²) < 4.78 is 7.51. The van der Waals surface area contributed by atoms with Gasteiger partial charge >= 0.3 is 0 Å². The van der Waals surface area contributed by atoms with Crippen LogP contribution >= 0.6 is 0 Å². The molecule has 0 aliphatic heterocycles. The number of para-hydroxylation sites is 1. The first-order chi connectivity index (χ1) is 16.0. The Bertz CT molecular complexity index is 1320. The number of fused-ring (bicyclic) bond motifs is 1. The maximum atomic E-state index is 13.0. The highest BCUT2D eigenvalue weighted by molar-refractivity contribution is 6.00. The molecule has 0 saturated heterocycles. The lowest BCUT2D eigenvalue weighted by atomic mass is 10.1. The van der Waals surface area contributed by atoms with Crippen LogP contribution in [0.25, 0.3) is 5.52 Å². The molecule has 2 heterocycles. The highest BCUT2D eigenvalue weighted by Gasteiger charge is 2.22. The lowest BCUT2D eigenvalue weighted by Gasteiger charge is -2.18. The third kappa shape index (κ3) is 4.37. The van der Waals surface area contributed by atoms with Gasteiger partial charge in [-0.05, 0) is 62.7 Å². The Balaban J connectivity index is 1.68. The molecule has 0 atom stereocenters. The van der Waals surface area contributed by atoms with Gasteiger partial charge in [0.15, 0.2) is 0 Å². The molecule has 4 rings (SSSR count). The van der Waals surface area contributed by atoms with E-state index in [0.717, 1.165) is 17.0 Å². The number of aromatic nitrogens is 2. The number of aryl methyl sites for hydroxylation is 1. The van der Waals surface area contributed by atoms with Crippen molar-refractivity contribution in [3.8, 4) is 17.6 Å². The molecule has 1 N–H and O–H groups in total. The van der Waals surface area contributed by atoms with Crippen LogP contribution in [0.15, 0.2) is 67.0 Å². The summed E-state index contributed by atoms with van der Waals surface area (Å²) in [6, 6.07) is 19.3. The number of benzene rings is 2. The standard InChI is InChI=1S/C26H25N5O2/c1-4-30(5-2)26(32)23-17-31-25(18(23)3)24(19(15-27)16-28-31)29-20-11-13-22(14-12-20)33-21-9-7-6-8-10-21/h6-14,16-17,29H,4-5H2,1-3H3. The van der Waals surface area contributed by atoms with Crippen molar-refractivity contribution in [2.45, 2.75) is 20.8 Å². The molecule has 0 fully saturated rings. The Morgan fingerprint density at radius 2 is 1.76 bits per heavy atom. The van der Waals surface area contributed by atoms with Crippen molar-refractivity contribution in [3.63, 3.8) is 0 Å². The van der Waals surface area contributed by atoms with E-state index >= 15 is 0 Å². The first-order valence-electron chi connectivity index (χ1n) is 10.9. The molecular weight excluding hydrogens is 414 g/mol. The molecule has 0 saturated carbocycles. The third-order valence-electron chi connectivity index (χ3n) is 5.56. The van der Waals surface area contributed by atoms with Gasteiger partial charge in [-0.3, -0.25) is 4.79 Å². The zero-order valence-corrected chi connectivity index (χ0v) is 18.9. The van der Waals surface area contributed by atoms with Gasteiger partial charge in [0, 0.05) is 25.0 Å². The predicted octanol–water partition coefficient (Wildman–Crippen LogP) is 5.53. The summed E-state index contributed by atoms with van der Waals surface area (Å²) in [6.45, 7) is 7.05. The normalized spacial score (nSPS) is 10.6. The molecule has 33 heavy (non-hydrogen) atoms. The predicted molar refractivity (Wildman–Crippen MR) is 128 cm³/mol. The van der Waals surface area contributed by atoms with Crippen molar-refractivity contribution in [2.24, 2.45) is 0 Å². The number of nitrogens with one attached hydrogen (secondary N) is 1. The molecule has 4 aromatic rings. The average Bonchev–Trinajstić information content (AvgIpc) is 3.18. The molecule has 1 amide bonds. The minimum atomic E-state index is -0.0464. The van der Waals surface area contributed by atoms with Crippen LogP contribution in [0.4, 0.5) is 11.4 Å². The SMILES string of the molecule is CCN(CC)C(=O)c1cn2ncc(C#N)c(Nc3ccc(Oc4ccccc4)cc3)c2c1C. The van der Waals surface area contributed by atoms with Gasteiger partial charge in [0.1, 0.15) is 17.6 Å². The Morgan fingerprint density at radius 1 is 1.09 bits per heavy atom. The van der Waals surface area contributed by atoms with Crippen LogP contribution in [-0.4, -0.2) is 33.5 Å². The van der Waals surface area contributed by atoms with Gasteiger partial charge < -0.3 is 15.0 Å². The minimum absolute atomic E-state index is 0.0464. The summed E-state index contributed by atoms with van der Waals surface area (Å²) in [7, 11) is 0. The first-order valence-corrected chi connectivity index (χ1v) is 10.9. The van der Waals surface area contributed by atoms with Crippen LogP contribution in [0, 0.1) is 18.3 Å². The number of carbonyl (C=O) groups is 1. The number of amides is 1. The molecule has 7 nitrogen and oxygen atoms in total. The largest absolute Gasteiger partial charge is 0.457 e. The zero-order chi connectivity index (χ0) is 23.4. The number of carbonyl (C=O) groups excluding carboxylic acids is 1. The van der Waals surface area contributed by atoms with Crippen molar-refractivity contribution in [1.82, 2.24) is 14.5 Å². The number of ether oxygens (including phenoxy) is 1. The van der Waals surface area contributed by atoms with Crippen LogP contribution in [-0.2, 0) is 0 Å². The second-order valence-corrected chi connectivity index (χ2v) is 7.55. The van der Waals surface area contributed by atoms with Gasteiger partial charge in [-0.2, -0.15) is 10.4 Å². The smallest absolute Gasteiger partial charge is 0.255 e. The number of nitriles is 1. The van der Waals surface area contributed by atoms with E-state index in [9.17, 15) is 10.1 Å². The fourth-order valence-corrected chi connectivity index (χ4v) is 3.77. The summed E-state index contributed by atoms with van der Waals surface area (Å²) in [5, 5.41) is 17.4. The fraction of sp³-hybridized carbons (Fsp3) is 0.192. The van der Waals surface area contributed by atoms with E-state index < -0.39 is 0 Å². The molecule has 0 spiro atoms. The maximum Gasteiger partial charge on any atom is 0.255 e. The monoisotopic (exact) mass is 439 g/mol. The van der Waals surface area contributed by atoms with E-state index in [2.05, 4.69) is 16.5 Å². The van der Waals surface area contributed by atoms with E-state index in [1.54, 1.807) is 15.6 Å². The Morgan fingerprint density at radius 3 is 2.39 bits per heavy atom. The van der Waals surface area contributed by atoms with E-state index in [-0.39, 0.29) is 5.91 Å². The average molecular weight is 440 g/mol. The van der Waals surface area contributed by atoms with Gasteiger partial charge in [0.05, 0.1) is 28.5 Å². The second-order valence-electron chi connectivity index (χ2n) is 7.55. The molecular formula is C26H25N5O2. The van der Waals surface area contributed by atoms with Crippen LogP contribution in [0.5, 0.6) is 11.5 Å². The van der Waals surface area contributed by atoms with Crippen LogP contribution in [0.2, 0.25) is 0 Å². The number of hydrogen-bond acceptors (Lipinski definition) is 5. The number of nitrogens with zero attached hydrogens (tertiary/aromatic N) is 4. The summed E-state index contributed by atoms with van der Waals surface area (Å²) >= 11 is 0. The third-order valence-corrected chi connectivity index (χ3v) is 5.56. The second kappa shape index (κ2) is 9.45. The molecule has 0 aliphatic rings. The van der Waals surface area contributed by atoms with Crippen molar-refractivity contribution in [1.29, 1.82) is 5.26 Å². The molecule has 7 heteroatoms. The molecule has 2 aromatic carbocycles. The van der Waals surface area contributed by atoms with Crippen molar-refractivity contribution in [2.75, 3.05) is 18.4 Å². The van der Waals surface area contributed by atoms with Crippen LogP contribution in [0.3, 0.4) is 0 Å². The molecule has 166 valence electrons. The summed E-state index contributed by atoms with van der Waals surface area (Å²) in [5.41, 5.74) is 3.86. The van der Waals surface area contributed by atoms with E-state index in [1.165, 1.54) is 6.20 Å². The highest BCUT2D eigenvalue weighted by Crippen LogP contribution is 2.31. The van der Waals surface area contributed by atoms with E-state index in [4.69, 9.17) is 4.74 Å². The van der Waals surface area contributed by atoms with Gasteiger partial charge in [0.25, 0.3) is 5.91 Å². The number of rotatable bonds is 7. The number of anilines is 2. The molecule has 0 radical (unpaired) electrons. The lowest BCUT2D eigenvalue weighted by molar-refractivity contribution is 0.0772. The van der Waals surface area contributed by atoms with Crippen molar-refractivity contribution < 1.29 is 9.53 Å². The lowest BCUT2D eigenvalue weighted by Crippen LogP contribution is -2.30. The van der Waals surface area contributed by atoms with Gasteiger partial charge in [0.2, 0.25) is 0 Å². The molecule has 2 aromatic heterocycles. The topological polar surface area (TPSA) is 82.7 Å². The van der Waals surface area contributed by atoms with Gasteiger partial charge in [-0.15, -0.1) is 0 Å². The summed E-state index contributed by atoms with van der Waals surface area (Å²) in [4.78, 5) is 14.8. The molecule has 0 unspecified atom stereocenters. The minimum Gasteiger partial charge on any atom is -0.457 e.